The van der Waals surface area contributed by atoms with Gasteiger partial charge in [0.1, 0.15) is 11.5 Å². The van der Waals surface area contributed by atoms with Crippen molar-refractivity contribution >= 4 is 28.5 Å². The molecule has 4 aromatic rings. The van der Waals surface area contributed by atoms with Crippen LogP contribution in [0.2, 0.25) is 0 Å². The minimum atomic E-state index is -0.561. The Morgan fingerprint density at radius 2 is 1.10 bits per heavy atom. The van der Waals surface area contributed by atoms with E-state index in [2.05, 4.69) is 0 Å². The summed E-state index contributed by atoms with van der Waals surface area (Å²) in [5.74, 6) is -0.406. The Morgan fingerprint density at radius 3 is 1.71 bits per heavy atom. The lowest BCUT2D eigenvalue weighted by molar-refractivity contribution is 0.0726. The maximum atomic E-state index is 12.5. The molecule has 0 saturated heterocycles. The summed E-state index contributed by atoms with van der Waals surface area (Å²) < 4.78 is 10.9. The van der Waals surface area contributed by atoms with Crippen LogP contribution in [0.3, 0.4) is 0 Å². The second kappa shape index (κ2) is 8.63. The molecule has 0 atom stereocenters. The van der Waals surface area contributed by atoms with Gasteiger partial charge in [0.25, 0.3) is 0 Å². The molecule has 0 unspecified atom stereocenters. The number of ether oxygens (including phenoxy) is 2. The number of rotatable bonds is 5. The van der Waals surface area contributed by atoms with Gasteiger partial charge in [-0.15, -0.1) is 0 Å². The van der Waals surface area contributed by atoms with Crippen molar-refractivity contribution in [1.29, 1.82) is 0 Å². The maximum absolute atomic E-state index is 12.5. The third kappa shape index (κ3) is 4.67. The summed E-state index contributed by atoms with van der Waals surface area (Å²) in [4.78, 5) is 36.3. The maximum Gasteiger partial charge on any atom is 0.343 e. The zero-order valence-corrected chi connectivity index (χ0v) is 16.7. The molecule has 0 aliphatic rings. The molecule has 31 heavy (non-hydrogen) atoms. The monoisotopic (exact) mass is 410 g/mol. The van der Waals surface area contributed by atoms with Crippen LogP contribution in [0.5, 0.6) is 11.5 Å². The Hall–Kier alpha value is -4.25. The van der Waals surface area contributed by atoms with Crippen LogP contribution in [0.15, 0.2) is 91.0 Å². The minimum absolute atomic E-state index is 0.127. The van der Waals surface area contributed by atoms with Crippen LogP contribution >= 0.6 is 0 Å². The predicted octanol–water partition coefficient (Wildman–Crippen LogP) is 5.48. The summed E-state index contributed by atoms with van der Waals surface area (Å²) >= 11 is 0. The molecule has 4 rings (SSSR count). The number of hydrogen-bond acceptors (Lipinski definition) is 5. The summed E-state index contributed by atoms with van der Waals surface area (Å²) in [6.45, 7) is 1.44. The fourth-order valence-electron chi connectivity index (χ4n) is 3.10. The fraction of sp³-hybridized carbons (Fsp3) is 0.0385. The van der Waals surface area contributed by atoms with E-state index in [1.54, 1.807) is 66.7 Å². The zero-order valence-electron chi connectivity index (χ0n) is 16.7. The molecule has 0 amide bonds. The highest BCUT2D eigenvalue weighted by molar-refractivity contribution is 5.98. The standard InChI is InChI=1S/C26H18O5/c1-17(27)20-8-5-9-21(14-20)26(29)31-24-13-11-18-10-12-23(15-22(18)16-24)30-25(28)19-6-3-2-4-7-19/h2-16H,1H3. The normalized spacial score (nSPS) is 10.5. The Labute approximate surface area is 178 Å². The average molecular weight is 410 g/mol. The molecule has 0 aromatic heterocycles. The van der Waals surface area contributed by atoms with Crippen molar-refractivity contribution in [3.05, 3.63) is 108 Å². The van der Waals surface area contributed by atoms with E-state index in [4.69, 9.17) is 9.47 Å². The predicted molar refractivity (Wildman–Crippen MR) is 117 cm³/mol. The SMILES string of the molecule is CC(=O)c1cccc(C(=O)Oc2ccc3ccc(OC(=O)c4ccccc4)cc3c2)c1. The second-order valence-corrected chi connectivity index (χ2v) is 6.95. The molecule has 0 aliphatic heterocycles. The largest absolute Gasteiger partial charge is 0.423 e. The molecule has 0 bridgehead atoms. The van der Waals surface area contributed by atoms with Gasteiger partial charge in [0, 0.05) is 5.56 Å². The van der Waals surface area contributed by atoms with E-state index < -0.39 is 11.9 Å². The van der Waals surface area contributed by atoms with Gasteiger partial charge in [0.05, 0.1) is 11.1 Å². The summed E-state index contributed by atoms with van der Waals surface area (Å²) in [6, 6.07) is 25.6. The van der Waals surface area contributed by atoms with Gasteiger partial charge in [-0.3, -0.25) is 4.79 Å². The number of carbonyl (C=O) groups is 3. The first-order valence-corrected chi connectivity index (χ1v) is 9.64. The topological polar surface area (TPSA) is 69.7 Å². The van der Waals surface area contributed by atoms with Crippen molar-refractivity contribution in [3.63, 3.8) is 0 Å². The van der Waals surface area contributed by atoms with Gasteiger partial charge >= 0.3 is 11.9 Å². The Kier molecular flexibility index (Phi) is 5.58. The van der Waals surface area contributed by atoms with Crippen molar-refractivity contribution < 1.29 is 23.9 Å². The van der Waals surface area contributed by atoms with Gasteiger partial charge in [0.15, 0.2) is 5.78 Å². The van der Waals surface area contributed by atoms with Gasteiger partial charge in [0.2, 0.25) is 0 Å². The van der Waals surface area contributed by atoms with Crippen LogP contribution in [0.4, 0.5) is 0 Å². The molecule has 0 heterocycles. The van der Waals surface area contributed by atoms with E-state index >= 15 is 0 Å². The van der Waals surface area contributed by atoms with Crippen LogP contribution < -0.4 is 9.47 Å². The van der Waals surface area contributed by atoms with Crippen LogP contribution in [0.1, 0.15) is 38.0 Å². The first-order valence-electron chi connectivity index (χ1n) is 9.64. The Bertz CT molecular complexity index is 1290. The highest BCUT2D eigenvalue weighted by atomic mass is 16.5. The molecule has 0 radical (unpaired) electrons. The lowest BCUT2D eigenvalue weighted by atomic mass is 10.1. The number of fused-ring (bicyclic) bond motifs is 1. The van der Waals surface area contributed by atoms with Crippen molar-refractivity contribution in [2.75, 3.05) is 0 Å². The lowest BCUT2D eigenvalue weighted by Crippen LogP contribution is -2.09. The zero-order chi connectivity index (χ0) is 21.8. The average Bonchev–Trinajstić information content (AvgIpc) is 2.79. The van der Waals surface area contributed by atoms with Crippen molar-refractivity contribution in [2.45, 2.75) is 6.92 Å². The quantitative estimate of drug-likeness (QED) is 0.247. The summed E-state index contributed by atoms with van der Waals surface area (Å²) in [7, 11) is 0. The van der Waals surface area contributed by atoms with Crippen LogP contribution in [0.25, 0.3) is 10.8 Å². The van der Waals surface area contributed by atoms with E-state index in [0.29, 0.717) is 28.2 Å². The number of hydrogen-bond donors (Lipinski definition) is 0. The molecule has 0 spiro atoms. The van der Waals surface area contributed by atoms with E-state index in [-0.39, 0.29) is 5.78 Å². The summed E-state index contributed by atoms with van der Waals surface area (Å²) in [5.41, 5.74) is 1.19. The lowest BCUT2D eigenvalue weighted by Gasteiger charge is -2.08. The van der Waals surface area contributed by atoms with Crippen molar-refractivity contribution in [1.82, 2.24) is 0 Å². The highest BCUT2D eigenvalue weighted by Gasteiger charge is 2.12. The van der Waals surface area contributed by atoms with Crippen molar-refractivity contribution in [3.8, 4) is 11.5 Å². The van der Waals surface area contributed by atoms with Gasteiger partial charge in [-0.1, -0.05) is 42.5 Å². The first kappa shape index (κ1) is 20.0. The van der Waals surface area contributed by atoms with Crippen LogP contribution in [0, 0.1) is 0 Å². The van der Waals surface area contributed by atoms with E-state index in [1.807, 2.05) is 18.2 Å². The van der Waals surface area contributed by atoms with E-state index in [9.17, 15) is 14.4 Å². The molecule has 0 aliphatic carbocycles. The second-order valence-electron chi connectivity index (χ2n) is 6.95. The number of carbonyl (C=O) groups excluding carboxylic acids is 3. The molecular weight excluding hydrogens is 392 g/mol. The van der Waals surface area contributed by atoms with Gasteiger partial charge in [-0.2, -0.15) is 0 Å². The summed E-state index contributed by atoms with van der Waals surface area (Å²) in [6.07, 6.45) is 0. The van der Waals surface area contributed by atoms with Crippen LogP contribution in [-0.4, -0.2) is 17.7 Å². The molecular formula is C26H18O5. The van der Waals surface area contributed by atoms with E-state index in [0.717, 1.165) is 10.8 Å². The number of ketones is 1. The van der Waals surface area contributed by atoms with E-state index in [1.165, 1.54) is 13.0 Å². The molecule has 5 heteroatoms. The van der Waals surface area contributed by atoms with Gasteiger partial charge < -0.3 is 9.47 Å². The summed E-state index contributed by atoms with van der Waals surface area (Å²) in [5, 5.41) is 1.65. The molecule has 0 N–H and O–H groups in total. The minimum Gasteiger partial charge on any atom is -0.423 e. The molecule has 4 aromatic carbocycles. The Balaban J connectivity index is 1.54. The van der Waals surface area contributed by atoms with Gasteiger partial charge in [-0.05, 0) is 66.2 Å². The number of Topliss-reactive ketones (excluding diaryl/α,β-unsaturated/α-hetero) is 1. The number of benzene rings is 4. The highest BCUT2D eigenvalue weighted by Crippen LogP contribution is 2.26. The third-order valence-corrected chi connectivity index (χ3v) is 4.72. The fourth-order valence-corrected chi connectivity index (χ4v) is 3.10. The molecule has 0 saturated carbocycles. The third-order valence-electron chi connectivity index (χ3n) is 4.72. The Morgan fingerprint density at radius 1 is 0.548 bits per heavy atom. The smallest absolute Gasteiger partial charge is 0.343 e. The molecule has 0 fully saturated rings. The van der Waals surface area contributed by atoms with Crippen LogP contribution in [-0.2, 0) is 0 Å². The molecule has 152 valence electrons. The van der Waals surface area contributed by atoms with Crippen molar-refractivity contribution in [2.24, 2.45) is 0 Å². The number of esters is 2. The van der Waals surface area contributed by atoms with Gasteiger partial charge in [-0.25, -0.2) is 9.59 Å². The first-order chi connectivity index (χ1) is 15.0. The molecule has 5 nitrogen and oxygen atoms in total.